The van der Waals surface area contributed by atoms with Crippen LogP contribution in [0.5, 0.6) is 0 Å². The fourth-order valence-corrected chi connectivity index (χ4v) is 17.7. The molecule has 0 saturated heterocycles. The van der Waals surface area contributed by atoms with Gasteiger partial charge in [0.25, 0.3) is 0 Å². The van der Waals surface area contributed by atoms with Gasteiger partial charge in [-0.25, -0.2) is 0 Å². The molecule has 1 nitrogen and oxygen atoms in total. The third-order valence-corrected chi connectivity index (χ3v) is 19.6. The molecule has 0 fully saturated rings. The van der Waals surface area contributed by atoms with Gasteiger partial charge in [0.2, 0.25) is 0 Å². The van der Waals surface area contributed by atoms with Gasteiger partial charge in [-0.3, -0.25) is 0 Å². The monoisotopic (exact) mass is 582 g/mol. The Hall–Kier alpha value is 0.611. The van der Waals surface area contributed by atoms with Gasteiger partial charge in [-0.05, 0) is 6.42 Å². The summed E-state index contributed by atoms with van der Waals surface area (Å²) >= 11 is -1.78. The molecule has 0 saturated carbocycles. The van der Waals surface area contributed by atoms with E-state index in [0.717, 1.165) is 12.7 Å². The van der Waals surface area contributed by atoms with E-state index in [1.165, 1.54) is 43.0 Å². The number of aldehydes is 1. The Bertz CT molecular complexity index is 237. The van der Waals surface area contributed by atoms with E-state index in [2.05, 4.69) is 46.9 Å². The van der Waals surface area contributed by atoms with Crippen molar-refractivity contribution in [2.24, 2.45) is 0 Å². The van der Waals surface area contributed by atoms with Gasteiger partial charge < -0.3 is 4.79 Å². The van der Waals surface area contributed by atoms with Crippen LogP contribution < -0.4 is 0 Å². The predicted octanol–water partition coefficient (Wildman–Crippen LogP) is 9.22. The van der Waals surface area contributed by atoms with Crippen molar-refractivity contribution in [3.63, 3.8) is 0 Å². The van der Waals surface area contributed by atoms with E-state index in [1.807, 2.05) is 26.8 Å². The summed E-state index contributed by atoms with van der Waals surface area (Å²) in [6.07, 6.45) is 15.3. The van der Waals surface area contributed by atoms with Gasteiger partial charge in [0.1, 0.15) is 6.29 Å². The molecule has 0 unspecified atom stereocenters. The Labute approximate surface area is 191 Å². The fraction of sp³-hybridized carbons (Fsp3) is 0.792. The van der Waals surface area contributed by atoms with Crippen molar-refractivity contribution in [1.82, 2.24) is 0 Å². The average molecular weight is 582 g/mol. The first-order chi connectivity index (χ1) is 12.6. The van der Waals surface area contributed by atoms with Crippen LogP contribution in [0.3, 0.4) is 0 Å². The van der Waals surface area contributed by atoms with Crippen molar-refractivity contribution in [2.75, 3.05) is 0 Å². The molecule has 0 heterocycles. The quantitative estimate of drug-likeness (QED) is 0.120. The standard InChI is InChI=1S/3C4H9.C4H8.C3H6O.C3H5.C2H6.Pd.Sn/c4*1-3-4-2;1-2-3-4;1-3-2;1-2;;/h3*1,3-4H2,2H3;3H,1,4H2,2H3;3H,2H2,1H3;3H,1-2H2;1-2H3;;. The van der Waals surface area contributed by atoms with Gasteiger partial charge in [-0.1, -0.05) is 33.8 Å². The smallest absolute Gasteiger partial charge is 0.119 e. The minimum atomic E-state index is -1.78. The second-order valence-electron chi connectivity index (χ2n) is 6.58. The van der Waals surface area contributed by atoms with Gasteiger partial charge in [-0.15, -0.1) is 6.58 Å². The van der Waals surface area contributed by atoms with Crippen LogP contribution in [0.2, 0.25) is 17.7 Å². The van der Waals surface area contributed by atoms with Crippen molar-refractivity contribution in [1.29, 1.82) is 0 Å². The first kappa shape index (κ1) is 38.2. The third kappa shape index (κ3) is 34.5. The second-order valence-corrected chi connectivity index (χ2v) is 20.6. The number of carbonyl (C=O) groups is 1. The molecule has 0 aromatic rings. The molecule has 0 aromatic carbocycles. The van der Waals surface area contributed by atoms with Crippen molar-refractivity contribution in [3.05, 3.63) is 25.3 Å². The van der Waals surface area contributed by atoms with Crippen LogP contribution in [0.15, 0.2) is 25.3 Å². The maximum Gasteiger partial charge on any atom is 0.119 e. The fourth-order valence-electron chi connectivity index (χ4n) is 2.64. The molecule has 0 spiro atoms. The summed E-state index contributed by atoms with van der Waals surface area (Å²) < 4.78 is 6.31. The normalized spacial score (nSPS) is 9.00. The number of hydrogen-bond donors (Lipinski definition) is 0. The zero-order valence-corrected chi connectivity index (χ0v) is 24.3. The maximum atomic E-state index is 9.17. The third-order valence-electron chi connectivity index (χ3n) is 4.21. The first-order valence-electron chi connectivity index (χ1n) is 11.2. The SMILES string of the molecule is C=CCC.C=C[CH2][Sn]([CH2]CCC)([CH2]CCC)[CH2]CCC.CC.CCC=O.[Pd]. The van der Waals surface area contributed by atoms with Crippen LogP contribution in [-0.4, -0.2) is 24.7 Å². The molecule has 0 radical (unpaired) electrons. The Morgan fingerprint density at radius 1 is 0.704 bits per heavy atom. The minimum absolute atomic E-state index is 0. The average Bonchev–Trinajstić information content (AvgIpc) is 2.71. The van der Waals surface area contributed by atoms with E-state index in [-0.39, 0.29) is 20.4 Å². The Morgan fingerprint density at radius 2 is 1.00 bits per heavy atom. The van der Waals surface area contributed by atoms with E-state index >= 15 is 0 Å². The molecule has 168 valence electrons. The molecular formula is C24H52OPdSn. The summed E-state index contributed by atoms with van der Waals surface area (Å²) in [7, 11) is 0. The topological polar surface area (TPSA) is 17.1 Å². The van der Waals surface area contributed by atoms with Crippen molar-refractivity contribution in [3.8, 4) is 0 Å². The molecule has 0 N–H and O–H groups in total. The van der Waals surface area contributed by atoms with Crippen molar-refractivity contribution in [2.45, 2.75) is 118 Å². The van der Waals surface area contributed by atoms with Gasteiger partial charge in [-0.2, -0.15) is 0 Å². The second kappa shape index (κ2) is 37.4. The Kier molecular flexibility index (Phi) is 52.9. The molecule has 0 aliphatic heterocycles. The summed E-state index contributed by atoms with van der Waals surface area (Å²) in [6, 6.07) is 0. The predicted molar refractivity (Wildman–Crippen MR) is 128 cm³/mol. The van der Waals surface area contributed by atoms with E-state index in [1.54, 1.807) is 13.3 Å². The summed E-state index contributed by atoms with van der Waals surface area (Å²) in [5.74, 6) is 0. The minimum Gasteiger partial charge on any atom is -0.303 e. The Balaban J connectivity index is -0.000000122. The van der Waals surface area contributed by atoms with Gasteiger partial charge in [0.15, 0.2) is 0 Å². The molecule has 0 aliphatic carbocycles. The number of rotatable bonds is 13. The van der Waals surface area contributed by atoms with E-state index in [4.69, 9.17) is 0 Å². The van der Waals surface area contributed by atoms with E-state index in [0.29, 0.717) is 6.42 Å². The van der Waals surface area contributed by atoms with Crippen LogP contribution in [0.1, 0.15) is 99.8 Å². The van der Waals surface area contributed by atoms with Crippen LogP contribution in [0, 0.1) is 0 Å². The van der Waals surface area contributed by atoms with Crippen LogP contribution in [0.4, 0.5) is 0 Å². The van der Waals surface area contributed by atoms with Crippen LogP contribution in [0.25, 0.3) is 0 Å². The molecule has 0 bridgehead atoms. The zero-order valence-electron chi connectivity index (χ0n) is 19.9. The summed E-state index contributed by atoms with van der Waals surface area (Å²) in [6.45, 7) is 22.4. The molecular weight excluding hydrogens is 529 g/mol. The van der Waals surface area contributed by atoms with E-state index < -0.39 is 18.4 Å². The maximum absolute atomic E-state index is 9.17. The summed E-state index contributed by atoms with van der Waals surface area (Å²) in [4.78, 5) is 9.17. The molecule has 0 atom stereocenters. The summed E-state index contributed by atoms with van der Waals surface area (Å²) in [5.41, 5.74) is 0. The number of allylic oxidation sites excluding steroid dienone is 2. The van der Waals surface area contributed by atoms with E-state index in [9.17, 15) is 4.79 Å². The number of hydrogen-bond acceptors (Lipinski definition) is 1. The molecule has 0 amide bonds. The van der Waals surface area contributed by atoms with Gasteiger partial charge >= 0.3 is 108 Å². The van der Waals surface area contributed by atoms with Crippen LogP contribution in [-0.2, 0) is 25.2 Å². The number of carbonyl (C=O) groups excluding carboxylic acids is 1. The molecule has 0 rings (SSSR count). The molecule has 3 heteroatoms. The molecule has 0 aromatic heterocycles. The van der Waals surface area contributed by atoms with Gasteiger partial charge in [0.05, 0.1) is 0 Å². The van der Waals surface area contributed by atoms with Crippen molar-refractivity contribution >= 4 is 24.7 Å². The first-order valence-corrected chi connectivity index (χ1v) is 19.3. The Morgan fingerprint density at radius 3 is 1.15 bits per heavy atom. The molecule has 27 heavy (non-hydrogen) atoms. The number of unbranched alkanes of at least 4 members (excludes halogenated alkanes) is 3. The van der Waals surface area contributed by atoms with Crippen molar-refractivity contribution < 1.29 is 25.2 Å². The molecule has 0 aliphatic rings. The summed E-state index contributed by atoms with van der Waals surface area (Å²) in [5, 5.41) is 0. The largest absolute Gasteiger partial charge is 0.303 e. The van der Waals surface area contributed by atoms with Gasteiger partial charge in [0, 0.05) is 26.8 Å². The van der Waals surface area contributed by atoms with Crippen LogP contribution >= 0.6 is 0 Å². The zero-order chi connectivity index (χ0) is 21.1.